The molecule has 0 unspecified atom stereocenters. The summed E-state index contributed by atoms with van der Waals surface area (Å²) in [5.41, 5.74) is 1.33. The zero-order valence-electron chi connectivity index (χ0n) is 12.6. The van der Waals surface area contributed by atoms with Crippen molar-refractivity contribution in [1.29, 1.82) is 0 Å². The number of aromatic nitrogens is 2. The molecule has 0 amide bonds. The summed E-state index contributed by atoms with van der Waals surface area (Å²) in [4.78, 5) is 33.5. The molecule has 122 valence electrons. The number of nitrogens with zero attached hydrogens (tertiary/aromatic N) is 1. The van der Waals surface area contributed by atoms with E-state index in [1.165, 1.54) is 10.9 Å². The molecule has 3 aromatic rings. The van der Waals surface area contributed by atoms with Gasteiger partial charge in [-0.1, -0.05) is 17.7 Å². The van der Waals surface area contributed by atoms with Gasteiger partial charge in [0.2, 0.25) is 0 Å². The van der Waals surface area contributed by atoms with Crippen LogP contribution in [0.2, 0.25) is 5.02 Å². The van der Waals surface area contributed by atoms with Crippen molar-refractivity contribution in [3.8, 4) is 0 Å². The van der Waals surface area contributed by atoms with E-state index >= 15 is 0 Å². The number of hydrogen-bond acceptors (Lipinski definition) is 5. The Morgan fingerprint density at radius 1 is 1.38 bits per heavy atom. The Labute approximate surface area is 146 Å². The molecule has 0 radical (unpaired) electrons. The third kappa shape index (κ3) is 2.72. The van der Waals surface area contributed by atoms with Crippen LogP contribution in [0.3, 0.4) is 0 Å². The summed E-state index contributed by atoms with van der Waals surface area (Å²) in [6.45, 7) is -0.0842. The van der Waals surface area contributed by atoms with E-state index in [9.17, 15) is 9.59 Å². The van der Waals surface area contributed by atoms with E-state index in [1.54, 1.807) is 29.5 Å². The van der Waals surface area contributed by atoms with Crippen LogP contribution in [0, 0.1) is 0 Å². The highest BCUT2D eigenvalue weighted by atomic mass is 35.5. The number of benzene rings is 1. The van der Waals surface area contributed by atoms with Crippen LogP contribution in [0.15, 0.2) is 29.1 Å². The van der Waals surface area contributed by atoms with Gasteiger partial charge >= 0.3 is 5.97 Å². The van der Waals surface area contributed by atoms with Crippen molar-refractivity contribution in [2.75, 3.05) is 0 Å². The Balaban J connectivity index is 1.57. The lowest BCUT2D eigenvalue weighted by molar-refractivity contribution is 0.0462. The summed E-state index contributed by atoms with van der Waals surface area (Å²) in [5.74, 6) is -0.156. The molecule has 0 saturated heterocycles. The van der Waals surface area contributed by atoms with Gasteiger partial charge in [-0.2, -0.15) is 0 Å². The highest BCUT2D eigenvalue weighted by molar-refractivity contribution is 7.18. The monoisotopic (exact) mass is 360 g/mol. The maximum Gasteiger partial charge on any atom is 0.338 e. The summed E-state index contributed by atoms with van der Waals surface area (Å²) in [7, 11) is 0. The number of hydrogen-bond donors (Lipinski definition) is 1. The van der Waals surface area contributed by atoms with Gasteiger partial charge in [-0.25, -0.2) is 9.78 Å². The molecule has 0 atom stereocenters. The molecule has 5 nitrogen and oxygen atoms in total. The highest BCUT2D eigenvalue weighted by Gasteiger charge is 2.21. The van der Waals surface area contributed by atoms with E-state index in [-0.39, 0.29) is 12.2 Å². The average Bonchev–Trinajstić information content (AvgIpc) is 3.13. The number of aryl methyl sites for hydroxylation is 2. The number of carbonyl (C=O) groups excluding carboxylic acids is 1. The normalized spacial score (nSPS) is 13.2. The molecule has 0 aliphatic heterocycles. The SMILES string of the molecule is O=C(OCc1nc2sc3c(c2c(=O)[nH]1)CCC3)c1cccc(Cl)c1. The maximum atomic E-state index is 12.3. The summed E-state index contributed by atoms with van der Waals surface area (Å²) in [6.07, 6.45) is 3.04. The second kappa shape index (κ2) is 6.03. The fourth-order valence-corrected chi connectivity index (χ4v) is 4.42. The standard InChI is InChI=1S/C17H13ClN2O3S/c18-10-4-1-3-9(7-10)17(22)23-8-13-19-15(21)14-11-5-2-6-12(11)24-16(14)20-13/h1,3-4,7H,2,5-6,8H2,(H,19,20,21). The minimum Gasteiger partial charge on any atom is -0.454 e. The van der Waals surface area contributed by atoms with Gasteiger partial charge in [0.05, 0.1) is 10.9 Å². The molecule has 1 N–H and O–H groups in total. The second-order valence-corrected chi connectivity index (χ2v) is 7.16. The summed E-state index contributed by atoms with van der Waals surface area (Å²) < 4.78 is 5.22. The lowest BCUT2D eigenvalue weighted by atomic mass is 10.2. The smallest absolute Gasteiger partial charge is 0.338 e. The quantitative estimate of drug-likeness (QED) is 0.726. The van der Waals surface area contributed by atoms with E-state index in [1.807, 2.05) is 0 Å². The zero-order chi connectivity index (χ0) is 16.7. The van der Waals surface area contributed by atoms with Gasteiger partial charge in [-0.3, -0.25) is 4.79 Å². The summed E-state index contributed by atoms with van der Waals surface area (Å²) in [6, 6.07) is 6.52. The molecule has 0 saturated carbocycles. The summed E-state index contributed by atoms with van der Waals surface area (Å²) >= 11 is 7.42. The highest BCUT2D eigenvalue weighted by Crippen LogP contribution is 2.34. The topological polar surface area (TPSA) is 72.0 Å². The molecule has 1 aromatic carbocycles. The van der Waals surface area contributed by atoms with Crippen LogP contribution < -0.4 is 5.56 Å². The first kappa shape index (κ1) is 15.4. The van der Waals surface area contributed by atoms with Crippen LogP contribution in [0.4, 0.5) is 0 Å². The molecule has 0 fully saturated rings. The first-order valence-corrected chi connectivity index (χ1v) is 8.77. The number of H-pyrrole nitrogens is 1. The van der Waals surface area contributed by atoms with Gasteiger partial charge in [0.1, 0.15) is 17.3 Å². The number of esters is 1. The third-order valence-corrected chi connectivity index (χ3v) is 5.45. The molecule has 7 heteroatoms. The van der Waals surface area contributed by atoms with Crippen LogP contribution >= 0.6 is 22.9 Å². The van der Waals surface area contributed by atoms with Gasteiger partial charge in [-0.15, -0.1) is 11.3 Å². The van der Waals surface area contributed by atoms with Gasteiger partial charge in [0, 0.05) is 9.90 Å². The number of nitrogens with one attached hydrogen (secondary N) is 1. The Bertz CT molecular complexity index is 1010. The van der Waals surface area contributed by atoms with Crippen LogP contribution in [0.5, 0.6) is 0 Å². The van der Waals surface area contributed by atoms with E-state index in [2.05, 4.69) is 9.97 Å². The fourth-order valence-electron chi connectivity index (χ4n) is 2.95. The van der Waals surface area contributed by atoms with Crippen LogP contribution in [0.25, 0.3) is 10.2 Å². The third-order valence-electron chi connectivity index (χ3n) is 4.02. The lowest BCUT2D eigenvalue weighted by Crippen LogP contribution is -2.14. The van der Waals surface area contributed by atoms with Crippen molar-refractivity contribution in [1.82, 2.24) is 9.97 Å². The minimum absolute atomic E-state index is 0.0842. The number of ether oxygens (including phenoxy) is 1. The maximum absolute atomic E-state index is 12.3. The van der Waals surface area contributed by atoms with E-state index in [0.717, 1.165) is 29.7 Å². The molecule has 1 aliphatic carbocycles. The molecular weight excluding hydrogens is 348 g/mol. The van der Waals surface area contributed by atoms with Crippen LogP contribution in [0.1, 0.15) is 33.0 Å². The van der Waals surface area contributed by atoms with Crippen LogP contribution in [-0.4, -0.2) is 15.9 Å². The molecule has 2 heterocycles. The van der Waals surface area contributed by atoms with Crippen molar-refractivity contribution < 1.29 is 9.53 Å². The largest absolute Gasteiger partial charge is 0.454 e. The molecule has 24 heavy (non-hydrogen) atoms. The molecule has 0 spiro atoms. The minimum atomic E-state index is -0.506. The van der Waals surface area contributed by atoms with Crippen molar-refractivity contribution in [3.63, 3.8) is 0 Å². The fraction of sp³-hybridized carbons (Fsp3) is 0.235. The number of aromatic amines is 1. The van der Waals surface area contributed by atoms with Gasteiger partial charge in [0.25, 0.3) is 5.56 Å². The van der Waals surface area contributed by atoms with Gasteiger partial charge in [-0.05, 0) is 43.0 Å². The van der Waals surface area contributed by atoms with Crippen molar-refractivity contribution in [2.24, 2.45) is 0 Å². The van der Waals surface area contributed by atoms with Crippen LogP contribution in [-0.2, 0) is 24.2 Å². The van der Waals surface area contributed by atoms with Crippen molar-refractivity contribution in [3.05, 3.63) is 61.5 Å². The van der Waals surface area contributed by atoms with E-state index in [4.69, 9.17) is 16.3 Å². The predicted molar refractivity (Wildman–Crippen MR) is 92.8 cm³/mol. The Hall–Kier alpha value is -2.18. The number of rotatable bonds is 3. The second-order valence-electron chi connectivity index (χ2n) is 5.64. The predicted octanol–water partition coefficient (Wildman–Crippen LogP) is 3.48. The summed E-state index contributed by atoms with van der Waals surface area (Å²) in [5, 5.41) is 1.16. The van der Waals surface area contributed by atoms with Gasteiger partial charge in [0.15, 0.2) is 0 Å². The molecule has 4 rings (SSSR count). The van der Waals surface area contributed by atoms with Crippen molar-refractivity contribution >= 4 is 39.1 Å². The number of fused-ring (bicyclic) bond motifs is 3. The Morgan fingerprint density at radius 3 is 3.08 bits per heavy atom. The number of carbonyl (C=O) groups is 1. The molecule has 0 bridgehead atoms. The van der Waals surface area contributed by atoms with E-state index in [0.29, 0.717) is 21.8 Å². The molecule has 1 aliphatic rings. The van der Waals surface area contributed by atoms with Crippen molar-refractivity contribution in [2.45, 2.75) is 25.9 Å². The average molecular weight is 361 g/mol. The van der Waals surface area contributed by atoms with Gasteiger partial charge < -0.3 is 9.72 Å². The Kier molecular flexibility index (Phi) is 3.86. The number of halogens is 1. The first-order chi connectivity index (χ1) is 11.6. The lowest BCUT2D eigenvalue weighted by Gasteiger charge is -2.05. The molecule has 2 aromatic heterocycles. The molecular formula is C17H13ClN2O3S. The number of thiophene rings is 1. The first-order valence-electron chi connectivity index (χ1n) is 7.58. The Morgan fingerprint density at radius 2 is 2.25 bits per heavy atom. The van der Waals surface area contributed by atoms with E-state index < -0.39 is 5.97 Å². The zero-order valence-corrected chi connectivity index (χ0v) is 14.2.